The van der Waals surface area contributed by atoms with Gasteiger partial charge in [0.25, 0.3) is 0 Å². The molecule has 0 saturated heterocycles. The van der Waals surface area contributed by atoms with Crippen LogP contribution in [-0.4, -0.2) is 24.9 Å². The topological polar surface area (TPSA) is 43.3 Å². The highest BCUT2D eigenvalue weighted by molar-refractivity contribution is 6.35. The van der Waals surface area contributed by atoms with Crippen LogP contribution in [0.2, 0.25) is 10.0 Å². The summed E-state index contributed by atoms with van der Waals surface area (Å²) in [5.41, 5.74) is 3.85. The molecule has 0 fully saturated rings. The number of para-hydroxylation sites is 1. The molecule has 2 aliphatic heterocycles. The van der Waals surface area contributed by atoms with E-state index in [0.29, 0.717) is 21.5 Å². The van der Waals surface area contributed by atoms with E-state index in [-0.39, 0.29) is 6.04 Å². The van der Waals surface area contributed by atoms with Crippen LogP contribution in [-0.2, 0) is 0 Å². The molecule has 0 aliphatic carbocycles. The molecule has 5 rings (SSSR count). The fraction of sp³-hybridized carbons (Fsp3) is 0.208. The lowest BCUT2D eigenvalue weighted by Gasteiger charge is -2.38. The smallest absolute Gasteiger partial charge is 0.215 e. The van der Waals surface area contributed by atoms with Gasteiger partial charge in [-0.1, -0.05) is 47.5 Å². The lowest BCUT2D eigenvalue weighted by atomic mass is 9.96. The number of ether oxygens (including phenoxy) is 3. The van der Waals surface area contributed by atoms with Crippen molar-refractivity contribution in [3.05, 3.63) is 87.4 Å². The summed E-state index contributed by atoms with van der Waals surface area (Å²) in [7, 11) is 3.25. The molecule has 2 unspecified atom stereocenters. The maximum atomic E-state index is 6.54. The molecule has 0 radical (unpaired) electrons. The van der Waals surface area contributed by atoms with E-state index in [1.54, 1.807) is 20.3 Å². The summed E-state index contributed by atoms with van der Waals surface area (Å²) in [6, 6.07) is 19.4. The van der Waals surface area contributed by atoms with Crippen LogP contribution >= 0.6 is 23.2 Å². The third-order valence-electron chi connectivity index (χ3n) is 5.64. The van der Waals surface area contributed by atoms with Crippen LogP contribution < -0.4 is 14.2 Å². The molecule has 0 amide bonds. The number of rotatable bonds is 4. The third-order valence-corrected chi connectivity index (χ3v) is 6.21. The van der Waals surface area contributed by atoms with E-state index >= 15 is 0 Å². The van der Waals surface area contributed by atoms with Crippen LogP contribution in [0.25, 0.3) is 0 Å². The predicted octanol–water partition coefficient (Wildman–Crippen LogP) is 6.25. The SMILES string of the molecule is COc1ccc(C2=NN3C(C2)c2ccccc2OC3c2ccc(Cl)cc2Cl)cc1OC. The van der Waals surface area contributed by atoms with Crippen molar-refractivity contribution < 1.29 is 14.2 Å². The zero-order chi connectivity index (χ0) is 21.5. The maximum Gasteiger partial charge on any atom is 0.215 e. The van der Waals surface area contributed by atoms with E-state index in [9.17, 15) is 0 Å². The first-order valence-corrected chi connectivity index (χ1v) is 10.6. The fourth-order valence-electron chi connectivity index (χ4n) is 4.13. The van der Waals surface area contributed by atoms with Gasteiger partial charge in [0.15, 0.2) is 11.5 Å². The number of fused-ring (bicyclic) bond motifs is 3. The molecule has 5 nitrogen and oxygen atoms in total. The first-order chi connectivity index (χ1) is 15.1. The van der Waals surface area contributed by atoms with Crippen molar-refractivity contribution in [2.45, 2.75) is 18.7 Å². The van der Waals surface area contributed by atoms with Crippen molar-refractivity contribution in [3.63, 3.8) is 0 Å². The Balaban J connectivity index is 1.59. The van der Waals surface area contributed by atoms with Gasteiger partial charge in [0.05, 0.1) is 31.0 Å². The quantitative estimate of drug-likeness (QED) is 0.466. The Morgan fingerprint density at radius 2 is 1.74 bits per heavy atom. The largest absolute Gasteiger partial charge is 0.493 e. The molecule has 7 heteroatoms. The highest BCUT2D eigenvalue weighted by atomic mass is 35.5. The Kier molecular flexibility index (Phi) is 5.16. The number of hydrogen-bond acceptors (Lipinski definition) is 5. The van der Waals surface area contributed by atoms with E-state index in [0.717, 1.165) is 34.6 Å². The highest BCUT2D eigenvalue weighted by Gasteiger charge is 2.41. The minimum absolute atomic E-state index is 0.0322. The summed E-state index contributed by atoms with van der Waals surface area (Å²) in [6.07, 6.45) is 0.278. The van der Waals surface area contributed by atoms with Gasteiger partial charge in [-0.05, 0) is 36.4 Å². The Labute approximate surface area is 190 Å². The van der Waals surface area contributed by atoms with Crippen LogP contribution in [0, 0.1) is 0 Å². The second kappa shape index (κ2) is 7.98. The van der Waals surface area contributed by atoms with Crippen molar-refractivity contribution in [2.75, 3.05) is 14.2 Å². The van der Waals surface area contributed by atoms with Crippen LogP contribution in [0.5, 0.6) is 17.2 Å². The van der Waals surface area contributed by atoms with Crippen LogP contribution in [0.3, 0.4) is 0 Å². The Morgan fingerprint density at radius 3 is 2.52 bits per heavy atom. The highest BCUT2D eigenvalue weighted by Crippen LogP contribution is 2.48. The molecule has 0 aromatic heterocycles. The summed E-state index contributed by atoms with van der Waals surface area (Å²) < 4.78 is 17.2. The van der Waals surface area contributed by atoms with Crippen molar-refractivity contribution in [2.24, 2.45) is 5.10 Å². The predicted molar refractivity (Wildman–Crippen MR) is 122 cm³/mol. The van der Waals surface area contributed by atoms with E-state index in [1.807, 2.05) is 53.5 Å². The van der Waals surface area contributed by atoms with Crippen molar-refractivity contribution in [1.82, 2.24) is 5.01 Å². The van der Waals surface area contributed by atoms with Crippen molar-refractivity contribution in [1.29, 1.82) is 0 Å². The molecular weight excluding hydrogens is 435 g/mol. The molecule has 2 atom stereocenters. The van der Waals surface area contributed by atoms with Gasteiger partial charge in [-0.25, -0.2) is 5.01 Å². The lowest BCUT2D eigenvalue weighted by Crippen LogP contribution is -2.33. The number of hydrogen-bond donors (Lipinski definition) is 0. The van der Waals surface area contributed by atoms with Gasteiger partial charge in [0.2, 0.25) is 6.23 Å². The maximum absolute atomic E-state index is 6.54. The molecule has 0 saturated carbocycles. The average Bonchev–Trinajstić information content (AvgIpc) is 3.24. The monoisotopic (exact) mass is 454 g/mol. The molecule has 31 heavy (non-hydrogen) atoms. The first kappa shape index (κ1) is 20.0. The molecule has 0 N–H and O–H groups in total. The Bertz CT molecular complexity index is 1180. The minimum Gasteiger partial charge on any atom is -0.493 e. The zero-order valence-corrected chi connectivity index (χ0v) is 18.5. The average molecular weight is 455 g/mol. The standard InChI is InChI=1S/C24H20Cl2N2O3/c1-29-22-10-7-14(11-23(22)30-2)19-13-20-17-5-3-4-6-21(17)31-24(28(20)27-19)16-9-8-15(25)12-18(16)26/h3-12,20,24H,13H2,1-2H3. The van der Waals surface area contributed by atoms with Gasteiger partial charge in [0, 0.05) is 28.1 Å². The van der Waals surface area contributed by atoms with Gasteiger partial charge in [-0.2, -0.15) is 5.10 Å². The Morgan fingerprint density at radius 1 is 0.935 bits per heavy atom. The molecule has 0 bridgehead atoms. The summed E-state index contributed by atoms with van der Waals surface area (Å²) in [5.74, 6) is 2.19. The van der Waals surface area contributed by atoms with E-state index in [1.165, 1.54) is 0 Å². The van der Waals surface area contributed by atoms with Gasteiger partial charge in [-0.3, -0.25) is 0 Å². The van der Waals surface area contributed by atoms with Gasteiger partial charge < -0.3 is 14.2 Å². The second-order valence-electron chi connectivity index (χ2n) is 7.39. The molecule has 158 valence electrons. The summed E-state index contributed by atoms with van der Waals surface area (Å²) >= 11 is 12.7. The summed E-state index contributed by atoms with van der Waals surface area (Å²) in [6.45, 7) is 0. The number of hydrazone groups is 1. The normalized spacial score (nSPS) is 19.2. The number of benzene rings is 3. The lowest BCUT2D eigenvalue weighted by molar-refractivity contribution is -0.0189. The van der Waals surface area contributed by atoms with Gasteiger partial charge >= 0.3 is 0 Å². The van der Waals surface area contributed by atoms with Crippen molar-refractivity contribution >= 4 is 28.9 Å². The number of methoxy groups -OCH3 is 2. The number of halogens is 2. The van der Waals surface area contributed by atoms with Gasteiger partial charge in [0.1, 0.15) is 5.75 Å². The van der Waals surface area contributed by atoms with Crippen LogP contribution in [0.1, 0.15) is 35.4 Å². The number of nitrogens with zero attached hydrogens (tertiary/aromatic N) is 2. The summed E-state index contributed by atoms with van der Waals surface area (Å²) in [5, 5.41) is 8.09. The van der Waals surface area contributed by atoms with E-state index in [2.05, 4.69) is 6.07 Å². The molecule has 3 aromatic carbocycles. The molecular formula is C24H20Cl2N2O3. The van der Waals surface area contributed by atoms with Crippen LogP contribution in [0.15, 0.2) is 65.8 Å². The van der Waals surface area contributed by atoms with E-state index in [4.69, 9.17) is 42.5 Å². The molecule has 0 spiro atoms. The summed E-state index contributed by atoms with van der Waals surface area (Å²) in [4.78, 5) is 0. The van der Waals surface area contributed by atoms with Crippen LogP contribution in [0.4, 0.5) is 0 Å². The molecule has 2 heterocycles. The second-order valence-corrected chi connectivity index (χ2v) is 8.23. The Hall–Kier alpha value is -2.89. The van der Waals surface area contributed by atoms with Gasteiger partial charge in [-0.15, -0.1) is 0 Å². The first-order valence-electron chi connectivity index (χ1n) is 9.88. The molecule has 3 aromatic rings. The van der Waals surface area contributed by atoms with Crippen molar-refractivity contribution in [3.8, 4) is 17.2 Å². The fourth-order valence-corrected chi connectivity index (χ4v) is 4.63. The van der Waals surface area contributed by atoms with E-state index < -0.39 is 6.23 Å². The third kappa shape index (κ3) is 3.48. The minimum atomic E-state index is -0.456. The molecule has 2 aliphatic rings. The zero-order valence-electron chi connectivity index (χ0n) is 17.0.